The number of para-hydroxylation sites is 1. The molecule has 0 bridgehead atoms. The molecule has 0 spiro atoms. The van der Waals surface area contributed by atoms with Gasteiger partial charge in [0.1, 0.15) is 6.29 Å². The maximum Gasteiger partial charge on any atom is 0.263 e. The van der Waals surface area contributed by atoms with Gasteiger partial charge in [-0.05, 0) is 18.2 Å². The average molecular weight is 249 g/mol. The van der Waals surface area contributed by atoms with Crippen molar-refractivity contribution >= 4 is 23.6 Å². The Morgan fingerprint density at radius 2 is 1.47 bits per heavy atom. The van der Waals surface area contributed by atoms with Crippen molar-refractivity contribution in [1.82, 2.24) is 0 Å². The summed E-state index contributed by atoms with van der Waals surface area (Å²) in [7, 11) is 0. The topological polar surface area (TPSA) is 37.4 Å². The number of hydrogen-bond acceptors (Lipinski definition) is 2. The van der Waals surface area contributed by atoms with Crippen molar-refractivity contribution in [2.45, 2.75) is 0 Å². The molecule has 1 aliphatic heterocycles. The van der Waals surface area contributed by atoms with Crippen LogP contribution in [0.3, 0.4) is 0 Å². The number of carbonyl (C=O) groups is 2. The van der Waals surface area contributed by atoms with E-state index in [0.29, 0.717) is 17.5 Å². The molecule has 0 radical (unpaired) electrons. The maximum absolute atomic E-state index is 12.5. The van der Waals surface area contributed by atoms with E-state index in [2.05, 4.69) is 0 Å². The molecule has 3 heteroatoms. The highest BCUT2D eigenvalue weighted by Gasteiger charge is 2.32. The molecule has 0 aromatic heterocycles. The fourth-order valence-corrected chi connectivity index (χ4v) is 2.31. The summed E-state index contributed by atoms with van der Waals surface area (Å²) in [5.74, 6) is -0.102. The number of hydrogen-bond donors (Lipinski definition) is 0. The molecule has 2 aromatic rings. The number of allylic oxidation sites excluding steroid dienone is 1. The van der Waals surface area contributed by atoms with Crippen LogP contribution in [0.15, 0.2) is 60.7 Å². The van der Waals surface area contributed by atoms with Gasteiger partial charge in [0.15, 0.2) is 0 Å². The highest BCUT2D eigenvalue weighted by molar-refractivity contribution is 6.23. The first-order valence-corrected chi connectivity index (χ1v) is 5.97. The lowest BCUT2D eigenvalue weighted by atomic mass is 10.1. The third-order valence-corrected chi connectivity index (χ3v) is 3.12. The highest BCUT2D eigenvalue weighted by atomic mass is 16.2. The van der Waals surface area contributed by atoms with E-state index in [9.17, 15) is 9.59 Å². The fourth-order valence-electron chi connectivity index (χ4n) is 2.31. The van der Waals surface area contributed by atoms with Gasteiger partial charge in [0, 0.05) is 22.9 Å². The molecule has 0 N–H and O–H groups in total. The van der Waals surface area contributed by atoms with E-state index in [0.717, 1.165) is 11.3 Å². The van der Waals surface area contributed by atoms with Gasteiger partial charge in [-0.3, -0.25) is 14.5 Å². The molecule has 2 aromatic carbocycles. The zero-order chi connectivity index (χ0) is 13.2. The van der Waals surface area contributed by atoms with Crippen LogP contribution in [0, 0.1) is 0 Å². The molecular formula is C16H11NO2. The normalized spacial score (nSPS) is 15.7. The summed E-state index contributed by atoms with van der Waals surface area (Å²) in [6.45, 7) is 0. The van der Waals surface area contributed by atoms with Crippen LogP contribution in [0.2, 0.25) is 0 Å². The van der Waals surface area contributed by atoms with Gasteiger partial charge in [-0.25, -0.2) is 0 Å². The van der Waals surface area contributed by atoms with Crippen molar-refractivity contribution in [3.8, 4) is 0 Å². The van der Waals surface area contributed by atoms with Crippen LogP contribution in [0.4, 0.5) is 5.69 Å². The Bertz CT molecular complexity index is 674. The smallest absolute Gasteiger partial charge is 0.263 e. The van der Waals surface area contributed by atoms with Gasteiger partial charge in [0.25, 0.3) is 5.91 Å². The van der Waals surface area contributed by atoms with Crippen molar-refractivity contribution in [1.29, 1.82) is 0 Å². The Balaban J connectivity index is 2.20. The number of rotatable bonds is 2. The molecule has 1 heterocycles. The van der Waals surface area contributed by atoms with E-state index in [1.807, 2.05) is 48.5 Å². The van der Waals surface area contributed by atoms with Crippen LogP contribution in [-0.2, 0) is 4.79 Å². The third kappa shape index (κ3) is 1.76. The summed E-state index contributed by atoms with van der Waals surface area (Å²) in [6, 6.07) is 16.6. The summed E-state index contributed by atoms with van der Waals surface area (Å²) in [6.07, 6.45) is 2.14. The van der Waals surface area contributed by atoms with Crippen molar-refractivity contribution < 1.29 is 9.59 Å². The van der Waals surface area contributed by atoms with E-state index in [4.69, 9.17) is 0 Å². The van der Waals surface area contributed by atoms with E-state index in [-0.39, 0.29) is 5.91 Å². The van der Waals surface area contributed by atoms with Crippen LogP contribution in [-0.4, -0.2) is 12.2 Å². The van der Waals surface area contributed by atoms with Crippen LogP contribution in [0.1, 0.15) is 15.9 Å². The van der Waals surface area contributed by atoms with Crippen LogP contribution < -0.4 is 4.90 Å². The second kappa shape index (κ2) is 4.53. The number of nitrogens with zero attached hydrogens (tertiary/aromatic N) is 1. The zero-order valence-corrected chi connectivity index (χ0v) is 10.1. The summed E-state index contributed by atoms with van der Waals surface area (Å²) < 4.78 is 0. The summed E-state index contributed by atoms with van der Waals surface area (Å²) >= 11 is 0. The van der Waals surface area contributed by atoms with E-state index in [1.54, 1.807) is 11.0 Å². The molecular weight excluding hydrogens is 238 g/mol. The monoisotopic (exact) mass is 249 g/mol. The molecule has 0 saturated carbocycles. The Morgan fingerprint density at radius 1 is 0.842 bits per heavy atom. The van der Waals surface area contributed by atoms with Gasteiger partial charge in [0.2, 0.25) is 0 Å². The molecule has 3 rings (SSSR count). The second-order valence-corrected chi connectivity index (χ2v) is 4.21. The quantitative estimate of drug-likeness (QED) is 0.606. The Labute approximate surface area is 110 Å². The third-order valence-electron chi connectivity index (χ3n) is 3.12. The fraction of sp³-hybridized carbons (Fsp3) is 0. The number of fused-ring (bicyclic) bond motifs is 1. The zero-order valence-electron chi connectivity index (χ0n) is 10.1. The molecule has 0 aliphatic carbocycles. The summed E-state index contributed by atoms with van der Waals surface area (Å²) in [5.41, 5.74) is 2.81. The number of aldehydes is 1. The van der Waals surface area contributed by atoms with Gasteiger partial charge in [-0.15, -0.1) is 0 Å². The van der Waals surface area contributed by atoms with Crippen molar-refractivity contribution in [3.05, 3.63) is 71.8 Å². The van der Waals surface area contributed by atoms with Crippen LogP contribution in [0.25, 0.3) is 5.70 Å². The lowest BCUT2D eigenvalue weighted by molar-refractivity contribution is -0.104. The first-order valence-electron chi connectivity index (χ1n) is 5.97. The van der Waals surface area contributed by atoms with E-state index >= 15 is 0 Å². The van der Waals surface area contributed by atoms with Crippen molar-refractivity contribution in [2.75, 3.05) is 4.90 Å². The molecule has 1 aliphatic rings. The van der Waals surface area contributed by atoms with Crippen molar-refractivity contribution in [2.24, 2.45) is 0 Å². The molecule has 19 heavy (non-hydrogen) atoms. The van der Waals surface area contributed by atoms with Crippen molar-refractivity contribution in [3.63, 3.8) is 0 Å². The molecule has 1 amide bonds. The number of benzene rings is 2. The standard InChI is InChI=1S/C16H11NO2/c18-11-10-15-13-8-4-5-9-14(13)16(19)17(15)12-6-2-1-3-7-12/h1-11H/b15-10+. The number of anilines is 1. The maximum atomic E-state index is 12.5. The number of amides is 1. The predicted octanol–water partition coefficient (Wildman–Crippen LogP) is 2.89. The molecule has 0 atom stereocenters. The van der Waals surface area contributed by atoms with Gasteiger partial charge in [-0.2, -0.15) is 0 Å². The number of carbonyl (C=O) groups excluding carboxylic acids is 2. The highest BCUT2D eigenvalue weighted by Crippen LogP contribution is 2.36. The second-order valence-electron chi connectivity index (χ2n) is 4.21. The van der Waals surface area contributed by atoms with E-state index < -0.39 is 0 Å². The largest absolute Gasteiger partial charge is 0.298 e. The average Bonchev–Trinajstić information content (AvgIpc) is 2.74. The predicted molar refractivity (Wildman–Crippen MR) is 73.7 cm³/mol. The Kier molecular flexibility index (Phi) is 2.72. The lowest BCUT2D eigenvalue weighted by Crippen LogP contribution is -2.22. The first-order chi connectivity index (χ1) is 9.33. The van der Waals surface area contributed by atoms with E-state index in [1.165, 1.54) is 6.08 Å². The minimum atomic E-state index is -0.102. The summed E-state index contributed by atoms with van der Waals surface area (Å²) in [5, 5.41) is 0. The molecule has 0 unspecified atom stereocenters. The lowest BCUT2D eigenvalue weighted by Gasteiger charge is -2.17. The van der Waals surface area contributed by atoms with Gasteiger partial charge >= 0.3 is 0 Å². The van der Waals surface area contributed by atoms with Gasteiger partial charge in [0.05, 0.1) is 5.70 Å². The molecule has 0 fully saturated rings. The summed E-state index contributed by atoms with van der Waals surface area (Å²) in [4.78, 5) is 24.9. The minimum Gasteiger partial charge on any atom is -0.298 e. The molecule has 0 saturated heterocycles. The van der Waals surface area contributed by atoms with Gasteiger partial charge < -0.3 is 0 Å². The minimum absolute atomic E-state index is 0.102. The van der Waals surface area contributed by atoms with Crippen LogP contribution in [0.5, 0.6) is 0 Å². The SMILES string of the molecule is O=C/C=C1\c2ccccc2C(=O)N1c1ccccc1. The Hall–Kier alpha value is -2.68. The van der Waals surface area contributed by atoms with Gasteiger partial charge in [-0.1, -0.05) is 36.4 Å². The van der Waals surface area contributed by atoms with Crippen LogP contribution >= 0.6 is 0 Å². The first kappa shape index (κ1) is 11.4. The Morgan fingerprint density at radius 3 is 2.16 bits per heavy atom. The molecule has 92 valence electrons. The molecule has 3 nitrogen and oxygen atoms in total.